The molecule has 0 unspecified atom stereocenters. The molecule has 0 amide bonds. The maximum Gasteiger partial charge on any atom is 0.311 e. The van der Waals surface area contributed by atoms with Gasteiger partial charge in [-0.3, -0.25) is 4.79 Å². The second kappa shape index (κ2) is 4.44. The van der Waals surface area contributed by atoms with Crippen LogP contribution in [-0.2, 0) is 26.2 Å². The molecule has 1 aromatic rings. The highest BCUT2D eigenvalue weighted by Gasteiger charge is 2.59. The molecule has 0 saturated heterocycles. The van der Waals surface area contributed by atoms with Crippen molar-refractivity contribution >= 4 is 12.3 Å². The number of fused-ring (bicyclic) bond motifs is 3. The van der Waals surface area contributed by atoms with Gasteiger partial charge in [0.05, 0.1) is 17.9 Å². The van der Waals surface area contributed by atoms with Crippen LogP contribution in [0.5, 0.6) is 0 Å². The molecule has 0 spiro atoms. The molecular formula is C17H20O3. The minimum atomic E-state index is -0.563. The topological polar surface area (TPSA) is 43.4 Å². The first-order valence-corrected chi connectivity index (χ1v) is 7.21. The van der Waals surface area contributed by atoms with Crippen molar-refractivity contribution < 1.29 is 14.3 Å². The van der Waals surface area contributed by atoms with Crippen LogP contribution in [0.4, 0.5) is 0 Å². The maximum absolute atomic E-state index is 12.3. The third-order valence-electron chi connectivity index (χ3n) is 5.48. The highest BCUT2D eigenvalue weighted by molar-refractivity contribution is 5.81. The van der Waals surface area contributed by atoms with Gasteiger partial charge in [0.2, 0.25) is 0 Å². The summed E-state index contributed by atoms with van der Waals surface area (Å²) in [6.07, 6.45) is 4.40. The lowest BCUT2D eigenvalue weighted by Crippen LogP contribution is -2.51. The van der Waals surface area contributed by atoms with Crippen LogP contribution in [-0.4, -0.2) is 19.4 Å². The first-order chi connectivity index (χ1) is 9.58. The molecule has 2 aliphatic rings. The van der Waals surface area contributed by atoms with Gasteiger partial charge in [0.15, 0.2) is 0 Å². The number of hydrogen-bond acceptors (Lipinski definition) is 3. The molecule has 3 heteroatoms. The van der Waals surface area contributed by atoms with Gasteiger partial charge in [-0.2, -0.15) is 0 Å². The molecule has 3 rings (SSSR count). The summed E-state index contributed by atoms with van der Waals surface area (Å²) >= 11 is 0. The molecule has 0 N–H and O–H groups in total. The Bertz CT molecular complexity index is 565. The van der Waals surface area contributed by atoms with Crippen molar-refractivity contribution in [3.05, 3.63) is 35.4 Å². The normalized spacial score (nSPS) is 35.0. The Balaban J connectivity index is 2.14. The SMILES string of the molecule is COC(=O)[C@]1(C)CCC[C@]2(C=O)c3ccccc3C[C@H]12. The van der Waals surface area contributed by atoms with E-state index in [0.29, 0.717) is 0 Å². The molecule has 1 aromatic carbocycles. The monoisotopic (exact) mass is 272 g/mol. The van der Waals surface area contributed by atoms with Gasteiger partial charge in [-0.25, -0.2) is 0 Å². The standard InChI is InChI=1S/C17H20O3/c1-16(15(19)20-2)8-5-9-17(11-18)13-7-4-3-6-12(13)10-14(16)17/h3-4,6-7,11,14H,5,8-10H2,1-2H3/t14-,16-,17+/m1/s1. The van der Waals surface area contributed by atoms with E-state index in [1.807, 2.05) is 25.1 Å². The molecule has 1 saturated carbocycles. The van der Waals surface area contributed by atoms with E-state index in [0.717, 1.165) is 37.5 Å². The molecule has 106 valence electrons. The minimum Gasteiger partial charge on any atom is -0.469 e. The van der Waals surface area contributed by atoms with Gasteiger partial charge in [-0.15, -0.1) is 0 Å². The van der Waals surface area contributed by atoms with Crippen LogP contribution in [0.3, 0.4) is 0 Å². The highest BCUT2D eigenvalue weighted by Crippen LogP contribution is 2.57. The first-order valence-electron chi connectivity index (χ1n) is 7.21. The van der Waals surface area contributed by atoms with E-state index in [1.54, 1.807) is 0 Å². The molecule has 0 radical (unpaired) electrons. The summed E-state index contributed by atoms with van der Waals surface area (Å²) in [5.41, 5.74) is 1.27. The Labute approximate surface area is 119 Å². The average Bonchev–Trinajstić information content (AvgIpc) is 2.83. The summed E-state index contributed by atoms with van der Waals surface area (Å²) in [5.74, 6) is -0.160. The van der Waals surface area contributed by atoms with Gasteiger partial charge in [0.1, 0.15) is 6.29 Å². The second-order valence-electron chi connectivity index (χ2n) is 6.33. The molecule has 3 atom stereocenters. The van der Waals surface area contributed by atoms with E-state index in [1.165, 1.54) is 12.7 Å². The van der Waals surface area contributed by atoms with Crippen molar-refractivity contribution in [1.82, 2.24) is 0 Å². The predicted molar refractivity (Wildman–Crippen MR) is 75.4 cm³/mol. The van der Waals surface area contributed by atoms with Crippen LogP contribution in [0, 0.1) is 11.3 Å². The van der Waals surface area contributed by atoms with Crippen LogP contribution >= 0.6 is 0 Å². The third-order valence-corrected chi connectivity index (χ3v) is 5.48. The van der Waals surface area contributed by atoms with Crippen molar-refractivity contribution in [2.45, 2.75) is 38.0 Å². The van der Waals surface area contributed by atoms with Gasteiger partial charge < -0.3 is 9.53 Å². The van der Waals surface area contributed by atoms with Crippen LogP contribution in [0.15, 0.2) is 24.3 Å². The van der Waals surface area contributed by atoms with Crippen molar-refractivity contribution in [2.75, 3.05) is 7.11 Å². The van der Waals surface area contributed by atoms with Crippen LogP contribution < -0.4 is 0 Å². The Morgan fingerprint density at radius 2 is 2.10 bits per heavy atom. The lowest BCUT2D eigenvalue weighted by molar-refractivity contribution is -0.160. The summed E-state index contributed by atoms with van der Waals surface area (Å²) in [6.45, 7) is 1.97. The van der Waals surface area contributed by atoms with Crippen LogP contribution in [0.2, 0.25) is 0 Å². The van der Waals surface area contributed by atoms with Gasteiger partial charge in [-0.05, 0) is 43.2 Å². The molecule has 1 fully saturated rings. The number of esters is 1. The lowest BCUT2D eigenvalue weighted by atomic mass is 9.56. The summed E-state index contributed by atoms with van der Waals surface area (Å²) in [4.78, 5) is 24.3. The van der Waals surface area contributed by atoms with Crippen LogP contribution in [0.25, 0.3) is 0 Å². The van der Waals surface area contributed by atoms with E-state index in [2.05, 4.69) is 6.07 Å². The number of benzene rings is 1. The smallest absolute Gasteiger partial charge is 0.311 e. The predicted octanol–water partition coefficient (Wildman–Crippen LogP) is 2.66. The third kappa shape index (κ3) is 1.52. The van der Waals surface area contributed by atoms with E-state index in [-0.39, 0.29) is 11.9 Å². The van der Waals surface area contributed by atoms with Gasteiger partial charge in [0.25, 0.3) is 0 Å². The molecule has 0 aromatic heterocycles. The van der Waals surface area contributed by atoms with Crippen molar-refractivity contribution in [2.24, 2.45) is 11.3 Å². The number of rotatable bonds is 2. The number of methoxy groups -OCH3 is 1. The summed E-state index contributed by atoms with van der Waals surface area (Å²) in [6, 6.07) is 8.12. The summed E-state index contributed by atoms with van der Waals surface area (Å²) in [7, 11) is 1.44. The van der Waals surface area contributed by atoms with Crippen molar-refractivity contribution in [1.29, 1.82) is 0 Å². The number of ether oxygens (including phenoxy) is 1. The molecular weight excluding hydrogens is 252 g/mol. The molecule has 2 aliphatic carbocycles. The summed E-state index contributed by atoms with van der Waals surface area (Å²) in [5, 5.41) is 0. The number of aldehydes is 1. The number of carbonyl (C=O) groups is 2. The van der Waals surface area contributed by atoms with Gasteiger partial charge in [-0.1, -0.05) is 30.7 Å². The fraction of sp³-hybridized carbons (Fsp3) is 0.529. The fourth-order valence-corrected chi connectivity index (χ4v) is 4.45. The van der Waals surface area contributed by atoms with Crippen LogP contribution in [0.1, 0.15) is 37.3 Å². The highest BCUT2D eigenvalue weighted by atomic mass is 16.5. The minimum absolute atomic E-state index is 0.0195. The Hall–Kier alpha value is -1.64. The quantitative estimate of drug-likeness (QED) is 0.614. The molecule has 0 heterocycles. The second-order valence-corrected chi connectivity index (χ2v) is 6.33. The summed E-state index contributed by atoms with van der Waals surface area (Å²) < 4.78 is 5.03. The molecule has 0 bridgehead atoms. The largest absolute Gasteiger partial charge is 0.469 e. The van der Waals surface area contributed by atoms with Gasteiger partial charge >= 0.3 is 5.97 Å². The molecule has 0 aliphatic heterocycles. The van der Waals surface area contributed by atoms with Crippen molar-refractivity contribution in [3.8, 4) is 0 Å². The zero-order valence-electron chi connectivity index (χ0n) is 12.0. The zero-order chi connectivity index (χ0) is 14.4. The number of hydrogen-bond donors (Lipinski definition) is 0. The Morgan fingerprint density at radius 3 is 2.80 bits per heavy atom. The van der Waals surface area contributed by atoms with Gasteiger partial charge in [0, 0.05) is 0 Å². The molecule has 20 heavy (non-hydrogen) atoms. The Kier molecular flexibility index (Phi) is 2.96. The van der Waals surface area contributed by atoms with E-state index in [9.17, 15) is 9.59 Å². The average molecular weight is 272 g/mol. The maximum atomic E-state index is 12.3. The van der Waals surface area contributed by atoms with E-state index >= 15 is 0 Å². The number of carbonyl (C=O) groups excluding carboxylic acids is 2. The fourth-order valence-electron chi connectivity index (χ4n) is 4.45. The van der Waals surface area contributed by atoms with Crippen molar-refractivity contribution in [3.63, 3.8) is 0 Å². The van der Waals surface area contributed by atoms with E-state index in [4.69, 9.17) is 4.74 Å². The van der Waals surface area contributed by atoms with E-state index < -0.39 is 10.8 Å². The lowest BCUT2D eigenvalue weighted by Gasteiger charge is -2.46. The zero-order valence-corrected chi connectivity index (χ0v) is 12.0. The molecule has 3 nitrogen and oxygen atoms in total. The first kappa shape index (κ1) is 13.3. The Morgan fingerprint density at radius 1 is 1.35 bits per heavy atom.